The maximum Gasteiger partial charge on any atom is 0.317 e. The minimum atomic E-state index is -0.00538. The number of benzene rings is 2. The van der Waals surface area contributed by atoms with E-state index < -0.39 is 0 Å². The molecule has 0 radical (unpaired) electrons. The van der Waals surface area contributed by atoms with Gasteiger partial charge in [-0.25, -0.2) is 4.79 Å². The molecule has 6 nitrogen and oxygen atoms in total. The van der Waals surface area contributed by atoms with Crippen molar-refractivity contribution in [2.75, 3.05) is 37.9 Å². The first-order valence-corrected chi connectivity index (χ1v) is 8.51. The molecule has 0 aromatic heterocycles. The summed E-state index contributed by atoms with van der Waals surface area (Å²) < 4.78 is 10.8. The molecule has 2 amide bonds. The van der Waals surface area contributed by atoms with Gasteiger partial charge >= 0.3 is 6.03 Å². The van der Waals surface area contributed by atoms with Crippen LogP contribution in [0.1, 0.15) is 5.56 Å². The van der Waals surface area contributed by atoms with Crippen LogP contribution in [0.3, 0.4) is 0 Å². The van der Waals surface area contributed by atoms with E-state index in [2.05, 4.69) is 10.2 Å². The summed E-state index contributed by atoms with van der Waals surface area (Å²) in [5, 5.41) is 2.99. The smallest absolute Gasteiger partial charge is 0.317 e. The first-order valence-electron chi connectivity index (χ1n) is 8.51. The number of carbonyl (C=O) groups is 1. The predicted octanol–water partition coefficient (Wildman–Crippen LogP) is 2.45. The molecule has 1 fully saturated rings. The first-order chi connectivity index (χ1) is 12.3. The van der Waals surface area contributed by atoms with Gasteiger partial charge in [0.1, 0.15) is 0 Å². The van der Waals surface area contributed by atoms with Crippen molar-refractivity contribution < 1.29 is 14.3 Å². The largest absolute Gasteiger partial charge is 0.454 e. The van der Waals surface area contributed by atoms with Crippen molar-refractivity contribution in [1.82, 2.24) is 10.2 Å². The Morgan fingerprint density at radius 2 is 1.72 bits per heavy atom. The minimum absolute atomic E-state index is 0.00538. The number of hydrogen-bond donors (Lipinski definition) is 1. The molecule has 2 aliphatic rings. The van der Waals surface area contributed by atoms with E-state index in [0.29, 0.717) is 19.6 Å². The standard InChI is InChI=1S/C19H21N3O3/c23-19(20-13-15-4-2-1-3-5-15)22-10-8-21(9-11-22)16-6-7-17-18(12-16)25-14-24-17/h1-7,12H,8-11,13-14H2,(H,20,23). The summed E-state index contributed by atoms with van der Waals surface area (Å²) in [6.45, 7) is 3.86. The summed E-state index contributed by atoms with van der Waals surface area (Å²) >= 11 is 0. The molecule has 2 aromatic carbocycles. The Bertz CT molecular complexity index is 743. The van der Waals surface area contributed by atoms with Crippen LogP contribution in [0.25, 0.3) is 0 Å². The summed E-state index contributed by atoms with van der Waals surface area (Å²) in [4.78, 5) is 16.5. The van der Waals surface area contributed by atoms with Gasteiger partial charge in [0, 0.05) is 44.5 Å². The van der Waals surface area contributed by atoms with Gasteiger partial charge in [0.25, 0.3) is 0 Å². The van der Waals surface area contributed by atoms with Gasteiger partial charge in [0.05, 0.1) is 0 Å². The van der Waals surface area contributed by atoms with E-state index in [0.717, 1.165) is 35.8 Å². The number of carbonyl (C=O) groups excluding carboxylic acids is 1. The molecule has 0 saturated carbocycles. The molecule has 0 spiro atoms. The van der Waals surface area contributed by atoms with Gasteiger partial charge in [-0.3, -0.25) is 0 Å². The zero-order valence-electron chi connectivity index (χ0n) is 14.0. The van der Waals surface area contributed by atoms with Crippen LogP contribution in [0, 0.1) is 0 Å². The summed E-state index contributed by atoms with van der Waals surface area (Å²) in [7, 11) is 0. The Morgan fingerprint density at radius 3 is 2.52 bits per heavy atom. The fraction of sp³-hybridized carbons (Fsp3) is 0.316. The van der Waals surface area contributed by atoms with Crippen LogP contribution in [0.15, 0.2) is 48.5 Å². The van der Waals surface area contributed by atoms with Crippen LogP contribution in [-0.2, 0) is 6.54 Å². The number of piperazine rings is 1. The molecule has 6 heteroatoms. The quantitative estimate of drug-likeness (QED) is 0.933. The number of ether oxygens (including phenoxy) is 2. The molecule has 2 aromatic rings. The molecule has 25 heavy (non-hydrogen) atoms. The number of amides is 2. The van der Waals surface area contributed by atoms with E-state index >= 15 is 0 Å². The number of fused-ring (bicyclic) bond motifs is 1. The zero-order valence-corrected chi connectivity index (χ0v) is 14.0. The highest BCUT2D eigenvalue weighted by molar-refractivity contribution is 5.74. The molecular weight excluding hydrogens is 318 g/mol. The summed E-state index contributed by atoms with van der Waals surface area (Å²) in [6, 6.07) is 15.9. The van der Waals surface area contributed by atoms with Crippen LogP contribution >= 0.6 is 0 Å². The average Bonchev–Trinajstić information content (AvgIpc) is 3.15. The average molecular weight is 339 g/mol. The van der Waals surface area contributed by atoms with Crippen LogP contribution in [0.2, 0.25) is 0 Å². The molecule has 1 saturated heterocycles. The van der Waals surface area contributed by atoms with Crippen molar-refractivity contribution in [2.45, 2.75) is 6.54 Å². The van der Waals surface area contributed by atoms with E-state index in [9.17, 15) is 4.79 Å². The second kappa shape index (κ2) is 6.93. The van der Waals surface area contributed by atoms with Gasteiger partial charge in [-0.15, -0.1) is 0 Å². The topological polar surface area (TPSA) is 54.0 Å². The van der Waals surface area contributed by atoms with E-state index in [1.165, 1.54) is 0 Å². The van der Waals surface area contributed by atoms with Crippen molar-refractivity contribution >= 4 is 11.7 Å². The predicted molar refractivity (Wildman–Crippen MR) is 95.0 cm³/mol. The molecule has 2 heterocycles. The molecule has 4 rings (SSSR count). The molecule has 0 atom stereocenters. The SMILES string of the molecule is O=C(NCc1ccccc1)N1CCN(c2ccc3c(c2)OCO3)CC1. The summed E-state index contributed by atoms with van der Waals surface area (Å²) in [6.07, 6.45) is 0. The summed E-state index contributed by atoms with van der Waals surface area (Å²) in [5.41, 5.74) is 2.21. The Hall–Kier alpha value is -2.89. The normalized spacial score (nSPS) is 16.0. The lowest BCUT2D eigenvalue weighted by Gasteiger charge is -2.36. The fourth-order valence-corrected chi connectivity index (χ4v) is 3.14. The highest BCUT2D eigenvalue weighted by Gasteiger charge is 2.22. The number of nitrogens with zero attached hydrogens (tertiary/aromatic N) is 2. The third kappa shape index (κ3) is 3.47. The van der Waals surface area contributed by atoms with E-state index in [1.807, 2.05) is 53.4 Å². The lowest BCUT2D eigenvalue weighted by Crippen LogP contribution is -2.51. The lowest BCUT2D eigenvalue weighted by molar-refractivity contribution is 0.174. The van der Waals surface area contributed by atoms with E-state index in [1.54, 1.807) is 0 Å². The number of hydrogen-bond acceptors (Lipinski definition) is 4. The van der Waals surface area contributed by atoms with Gasteiger partial charge in [-0.1, -0.05) is 30.3 Å². The molecule has 0 unspecified atom stereocenters. The Labute approximate surface area is 146 Å². The van der Waals surface area contributed by atoms with Crippen molar-refractivity contribution in [3.05, 3.63) is 54.1 Å². The maximum atomic E-state index is 12.3. The zero-order chi connectivity index (χ0) is 17.1. The maximum absolute atomic E-state index is 12.3. The molecule has 0 bridgehead atoms. The minimum Gasteiger partial charge on any atom is -0.454 e. The third-order valence-corrected chi connectivity index (χ3v) is 4.57. The van der Waals surface area contributed by atoms with Gasteiger partial charge < -0.3 is 24.6 Å². The van der Waals surface area contributed by atoms with Crippen LogP contribution in [0.5, 0.6) is 11.5 Å². The first kappa shape index (κ1) is 15.6. The molecule has 130 valence electrons. The number of rotatable bonds is 3. The lowest BCUT2D eigenvalue weighted by atomic mass is 10.2. The number of anilines is 1. The second-order valence-electron chi connectivity index (χ2n) is 6.16. The van der Waals surface area contributed by atoms with Crippen LogP contribution in [-0.4, -0.2) is 43.9 Å². The Morgan fingerprint density at radius 1 is 0.960 bits per heavy atom. The molecule has 1 N–H and O–H groups in total. The second-order valence-corrected chi connectivity index (χ2v) is 6.16. The van der Waals surface area contributed by atoms with E-state index in [-0.39, 0.29) is 12.8 Å². The van der Waals surface area contributed by atoms with Crippen LogP contribution in [0.4, 0.5) is 10.5 Å². The van der Waals surface area contributed by atoms with Gasteiger partial charge in [0.15, 0.2) is 11.5 Å². The van der Waals surface area contributed by atoms with Crippen molar-refractivity contribution in [3.8, 4) is 11.5 Å². The van der Waals surface area contributed by atoms with Crippen molar-refractivity contribution in [3.63, 3.8) is 0 Å². The highest BCUT2D eigenvalue weighted by Crippen LogP contribution is 2.35. The highest BCUT2D eigenvalue weighted by atomic mass is 16.7. The summed E-state index contributed by atoms with van der Waals surface area (Å²) in [5.74, 6) is 1.59. The third-order valence-electron chi connectivity index (χ3n) is 4.57. The van der Waals surface area contributed by atoms with Gasteiger partial charge in [0.2, 0.25) is 6.79 Å². The Kier molecular flexibility index (Phi) is 4.33. The number of nitrogens with one attached hydrogen (secondary N) is 1. The van der Waals surface area contributed by atoms with E-state index in [4.69, 9.17) is 9.47 Å². The Balaban J connectivity index is 1.30. The molecule has 0 aliphatic carbocycles. The van der Waals surface area contributed by atoms with Gasteiger partial charge in [-0.2, -0.15) is 0 Å². The van der Waals surface area contributed by atoms with Crippen LogP contribution < -0.4 is 19.7 Å². The number of urea groups is 1. The monoisotopic (exact) mass is 339 g/mol. The molecular formula is C19H21N3O3. The fourth-order valence-electron chi connectivity index (χ4n) is 3.14. The van der Waals surface area contributed by atoms with Crippen molar-refractivity contribution in [2.24, 2.45) is 0 Å². The van der Waals surface area contributed by atoms with Crippen molar-refractivity contribution in [1.29, 1.82) is 0 Å². The van der Waals surface area contributed by atoms with Gasteiger partial charge in [-0.05, 0) is 17.7 Å². The molecule has 2 aliphatic heterocycles.